The number of rotatable bonds is 12. The van der Waals surface area contributed by atoms with Crippen LogP contribution in [0.1, 0.15) is 51.9 Å². The number of nitrogens with two attached hydrogens (primary N) is 1. The number of carboxylic acids is 2. The summed E-state index contributed by atoms with van der Waals surface area (Å²) < 4.78 is 4.81. The Kier molecular flexibility index (Phi) is 12.1. The van der Waals surface area contributed by atoms with E-state index in [4.69, 9.17) is 20.7 Å². The second kappa shape index (κ2) is 11.8. The monoisotopic (exact) mass is 337 g/mol. The SMILES string of the molecule is CCCCCC(N)CCOC(=O)CC(O)(CC(=O)O)C(=O)O.O. The number of ether oxygens (including phenoxy) is 1. The van der Waals surface area contributed by atoms with E-state index in [1.807, 2.05) is 0 Å². The highest BCUT2D eigenvalue weighted by Gasteiger charge is 2.41. The van der Waals surface area contributed by atoms with Gasteiger partial charge in [0.25, 0.3) is 0 Å². The highest BCUT2D eigenvalue weighted by Crippen LogP contribution is 2.17. The van der Waals surface area contributed by atoms with Gasteiger partial charge < -0.3 is 31.3 Å². The summed E-state index contributed by atoms with van der Waals surface area (Å²) in [5.74, 6) is -4.26. The van der Waals surface area contributed by atoms with E-state index in [1.54, 1.807) is 0 Å². The van der Waals surface area contributed by atoms with E-state index in [9.17, 15) is 19.5 Å². The van der Waals surface area contributed by atoms with Crippen molar-refractivity contribution in [3.63, 3.8) is 0 Å². The third kappa shape index (κ3) is 10.6. The van der Waals surface area contributed by atoms with Crippen LogP contribution in [0.25, 0.3) is 0 Å². The molecule has 0 aliphatic heterocycles. The maximum atomic E-state index is 11.5. The summed E-state index contributed by atoms with van der Waals surface area (Å²) in [4.78, 5) is 32.9. The molecule has 0 radical (unpaired) electrons. The molecule has 9 nitrogen and oxygen atoms in total. The average Bonchev–Trinajstić information content (AvgIpc) is 2.37. The largest absolute Gasteiger partial charge is 0.481 e. The van der Waals surface area contributed by atoms with Crippen LogP contribution in [0, 0.1) is 0 Å². The van der Waals surface area contributed by atoms with E-state index >= 15 is 0 Å². The zero-order chi connectivity index (χ0) is 17.2. The number of carbonyl (C=O) groups is 3. The minimum absolute atomic E-state index is 0. The molecule has 0 aromatic carbocycles. The first-order valence-corrected chi connectivity index (χ1v) is 7.30. The smallest absolute Gasteiger partial charge is 0.336 e. The van der Waals surface area contributed by atoms with Gasteiger partial charge in [0.05, 0.1) is 19.4 Å². The molecule has 0 bridgehead atoms. The van der Waals surface area contributed by atoms with Crippen molar-refractivity contribution < 1.29 is 39.9 Å². The molecule has 0 saturated heterocycles. The van der Waals surface area contributed by atoms with E-state index in [0.29, 0.717) is 6.42 Å². The summed E-state index contributed by atoms with van der Waals surface area (Å²) in [6.45, 7) is 2.09. The van der Waals surface area contributed by atoms with Gasteiger partial charge in [0, 0.05) is 6.04 Å². The molecule has 0 aromatic heterocycles. The van der Waals surface area contributed by atoms with Crippen molar-refractivity contribution in [3.05, 3.63) is 0 Å². The number of hydrogen-bond acceptors (Lipinski definition) is 6. The molecular formula is C14H27NO8. The van der Waals surface area contributed by atoms with Crippen molar-refractivity contribution in [3.8, 4) is 0 Å². The molecule has 23 heavy (non-hydrogen) atoms. The summed E-state index contributed by atoms with van der Waals surface area (Å²) >= 11 is 0. The quantitative estimate of drug-likeness (QED) is 0.276. The molecule has 136 valence electrons. The first-order chi connectivity index (χ1) is 10.2. The fourth-order valence-corrected chi connectivity index (χ4v) is 1.88. The highest BCUT2D eigenvalue weighted by atomic mass is 16.5. The lowest BCUT2D eigenvalue weighted by Crippen LogP contribution is -2.43. The van der Waals surface area contributed by atoms with Crippen molar-refractivity contribution in [1.29, 1.82) is 0 Å². The van der Waals surface area contributed by atoms with Crippen LogP contribution < -0.4 is 5.73 Å². The van der Waals surface area contributed by atoms with Crippen molar-refractivity contribution in [2.24, 2.45) is 5.73 Å². The van der Waals surface area contributed by atoms with Crippen LogP contribution in [-0.2, 0) is 19.1 Å². The number of carbonyl (C=O) groups excluding carboxylic acids is 1. The minimum atomic E-state index is -2.66. The normalized spacial score (nSPS) is 14.2. The van der Waals surface area contributed by atoms with Gasteiger partial charge >= 0.3 is 17.9 Å². The fraction of sp³-hybridized carbons (Fsp3) is 0.786. The van der Waals surface area contributed by atoms with Crippen LogP contribution >= 0.6 is 0 Å². The van der Waals surface area contributed by atoms with Crippen molar-refractivity contribution in [2.45, 2.75) is 63.5 Å². The summed E-state index contributed by atoms with van der Waals surface area (Å²) in [6.07, 6.45) is 2.40. The first-order valence-electron chi connectivity index (χ1n) is 7.30. The minimum Gasteiger partial charge on any atom is -0.481 e. The van der Waals surface area contributed by atoms with Gasteiger partial charge in [-0.2, -0.15) is 0 Å². The van der Waals surface area contributed by atoms with Crippen molar-refractivity contribution >= 4 is 17.9 Å². The van der Waals surface area contributed by atoms with Gasteiger partial charge in [-0.15, -0.1) is 0 Å². The van der Waals surface area contributed by atoms with Gasteiger partial charge in [0.15, 0.2) is 5.60 Å². The van der Waals surface area contributed by atoms with Crippen LogP contribution in [0.15, 0.2) is 0 Å². The Labute approximate surface area is 134 Å². The predicted octanol–water partition coefficient (Wildman–Crippen LogP) is -0.317. The van der Waals surface area contributed by atoms with E-state index in [-0.39, 0.29) is 18.1 Å². The molecule has 0 heterocycles. The van der Waals surface area contributed by atoms with Crippen LogP contribution in [-0.4, -0.2) is 57.0 Å². The molecule has 0 fully saturated rings. The second-order valence-corrected chi connectivity index (χ2v) is 5.35. The predicted molar refractivity (Wildman–Crippen MR) is 80.8 cm³/mol. The number of carboxylic acid groups (broad SMARTS) is 2. The molecule has 0 aliphatic carbocycles. The molecular weight excluding hydrogens is 310 g/mol. The molecule has 0 rings (SSSR count). The molecule has 0 amide bonds. The van der Waals surface area contributed by atoms with Crippen molar-refractivity contribution in [1.82, 2.24) is 0 Å². The summed E-state index contributed by atoms with van der Waals surface area (Å²) in [5, 5.41) is 27.1. The lowest BCUT2D eigenvalue weighted by molar-refractivity contribution is -0.172. The van der Waals surface area contributed by atoms with Crippen LogP contribution in [0.2, 0.25) is 0 Å². The van der Waals surface area contributed by atoms with Gasteiger partial charge in [-0.05, 0) is 12.8 Å². The molecule has 0 aliphatic rings. The molecule has 0 saturated carbocycles. The summed E-state index contributed by atoms with van der Waals surface area (Å²) in [6, 6.07) is -0.114. The number of aliphatic hydroxyl groups is 1. The molecule has 9 heteroatoms. The van der Waals surface area contributed by atoms with E-state index < -0.39 is 36.4 Å². The van der Waals surface area contributed by atoms with E-state index in [1.165, 1.54) is 0 Å². The fourth-order valence-electron chi connectivity index (χ4n) is 1.88. The third-order valence-corrected chi connectivity index (χ3v) is 3.21. The summed E-state index contributed by atoms with van der Waals surface area (Å²) in [7, 11) is 0. The molecule has 7 N–H and O–H groups in total. The maximum Gasteiger partial charge on any atom is 0.336 e. The molecule has 0 spiro atoms. The van der Waals surface area contributed by atoms with Gasteiger partial charge in [-0.1, -0.05) is 26.2 Å². The Morgan fingerprint density at radius 3 is 2.22 bits per heavy atom. The standard InChI is InChI=1S/C14H25NO7.H2O/c1-2-3-4-5-10(15)6-7-22-12(18)9-14(21,13(19)20)8-11(16)17;/h10,21H,2-9,15H2,1H3,(H,16,17)(H,19,20);1H2. The number of aliphatic carboxylic acids is 2. The van der Waals surface area contributed by atoms with E-state index in [2.05, 4.69) is 6.92 Å². The van der Waals surface area contributed by atoms with Crippen LogP contribution in [0.5, 0.6) is 0 Å². The first kappa shape index (κ1) is 23.6. The molecule has 0 aromatic rings. The molecule has 2 atom stereocenters. The zero-order valence-corrected chi connectivity index (χ0v) is 13.3. The highest BCUT2D eigenvalue weighted by molar-refractivity contribution is 5.88. The Hall–Kier alpha value is -1.71. The zero-order valence-electron chi connectivity index (χ0n) is 13.3. The van der Waals surface area contributed by atoms with Gasteiger partial charge in [-0.3, -0.25) is 9.59 Å². The second-order valence-electron chi connectivity index (χ2n) is 5.35. The number of esters is 1. The third-order valence-electron chi connectivity index (χ3n) is 3.21. The number of unbranched alkanes of at least 4 members (excludes halogenated alkanes) is 2. The Morgan fingerprint density at radius 1 is 1.13 bits per heavy atom. The Bertz CT molecular complexity index is 387. The van der Waals surface area contributed by atoms with Gasteiger partial charge in [0.2, 0.25) is 0 Å². The van der Waals surface area contributed by atoms with Gasteiger partial charge in [0.1, 0.15) is 0 Å². The Morgan fingerprint density at radius 2 is 1.74 bits per heavy atom. The van der Waals surface area contributed by atoms with Gasteiger partial charge in [-0.25, -0.2) is 4.79 Å². The van der Waals surface area contributed by atoms with Crippen LogP contribution in [0.4, 0.5) is 0 Å². The van der Waals surface area contributed by atoms with Crippen LogP contribution in [0.3, 0.4) is 0 Å². The average molecular weight is 337 g/mol. The van der Waals surface area contributed by atoms with Crippen molar-refractivity contribution in [2.75, 3.05) is 6.61 Å². The Balaban J connectivity index is 0. The lowest BCUT2D eigenvalue weighted by Gasteiger charge is -2.20. The molecule has 2 unspecified atom stereocenters. The topological polar surface area (TPSA) is 179 Å². The summed E-state index contributed by atoms with van der Waals surface area (Å²) in [5.41, 5.74) is 3.17. The lowest BCUT2D eigenvalue weighted by atomic mass is 9.96. The number of hydrogen-bond donors (Lipinski definition) is 4. The maximum absolute atomic E-state index is 11.5. The van der Waals surface area contributed by atoms with E-state index in [0.717, 1.165) is 25.7 Å².